The van der Waals surface area contributed by atoms with Gasteiger partial charge in [-0.1, -0.05) is 37.3 Å². The summed E-state index contributed by atoms with van der Waals surface area (Å²) in [6, 6.07) is 9.97. The van der Waals surface area contributed by atoms with Crippen LogP contribution in [-0.2, 0) is 11.2 Å². The predicted molar refractivity (Wildman–Crippen MR) is 66.3 cm³/mol. The highest BCUT2D eigenvalue weighted by Gasteiger charge is 2.00. The van der Waals surface area contributed by atoms with Gasteiger partial charge in [0.25, 0.3) is 0 Å². The molecule has 0 radical (unpaired) electrons. The molecule has 0 saturated carbocycles. The molecule has 16 heavy (non-hydrogen) atoms. The average molecular weight is 218 g/mol. The lowest BCUT2D eigenvalue weighted by atomic mass is 10.1. The lowest BCUT2D eigenvalue weighted by Gasteiger charge is -2.01. The number of nitrogens with zero attached hydrogens (tertiary/aromatic N) is 1. The number of nitrogens with one attached hydrogen (secondary N) is 1. The molecule has 0 spiro atoms. The maximum atomic E-state index is 11.4. The van der Waals surface area contributed by atoms with E-state index in [-0.39, 0.29) is 5.91 Å². The molecule has 0 unspecified atom stereocenters. The van der Waals surface area contributed by atoms with E-state index in [9.17, 15) is 4.79 Å². The first-order chi connectivity index (χ1) is 7.72. The van der Waals surface area contributed by atoms with Crippen LogP contribution in [0.25, 0.3) is 0 Å². The Labute approximate surface area is 96.6 Å². The van der Waals surface area contributed by atoms with Crippen LogP contribution in [0.4, 0.5) is 0 Å². The van der Waals surface area contributed by atoms with E-state index in [4.69, 9.17) is 0 Å². The van der Waals surface area contributed by atoms with Gasteiger partial charge in [0.1, 0.15) is 0 Å². The van der Waals surface area contributed by atoms with Gasteiger partial charge in [0.15, 0.2) is 0 Å². The Bertz CT molecular complexity index is 357. The van der Waals surface area contributed by atoms with Crippen molar-refractivity contribution in [2.75, 3.05) is 0 Å². The molecular weight excluding hydrogens is 200 g/mol. The number of hydrogen-bond acceptors (Lipinski definition) is 2. The van der Waals surface area contributed by atoms with Crippen LogP contribution in [-0.4, -0.2) is 11.6 Å². The zero-order chi connectivity index (χ0) is 11.8. The number of hydrazone groups is 1. The predicted octanol–water partition coefficient (Wildman–Crippen LogP) is 2.52. The van der Waals surface area contributed by atoms with Gasteiger partial charge in [-0.25, -0.2) is 5.43 Å². The van der Waals surface area contributed by atoms with E-state index in [1.807, 2.05) is 44.2 Å². The van der Waals surface area contributed by atoms with Crippen molar-refractivity contribution in [2.24, 2.45) is 5.10 Å². The molecule has 0 bridgehead atoms. The van der Waals surface area contributed by atoms with Crippen LogP contribution in [0.5, 0.6) is 0 Å². The van der Waals surface area contributed by atoms with Crippen molar-refractivity contribution in [1.29, 1.82) is 0 Å². The van der Waals surface area contributed by atoms with Crippen LogP contribution in [0.3, 0.4) is 0 Å². The Morgan fingerprint density at radius 2 is 2.00 bits per heavy atom. The summed E-state index contributed by atoms with van der Waals surface area (Å²) in [6.07, 6.45) is 2.09. The second-order valence-corrected chi connectivity index (χ2v) is 3.72. The molecule has 0 fully saturated rings. The lowest BCUT2D eigenvalue weighted by molar-refractivity contribution is -0.121. The Kier molecular flexibility index (Phi) is 5.26. The highest BCUT2D eigenvalue weighted by molar-refractivity contribution is 5.84. The molecule has 0 heterocycles. The van der Waals surface area contributed by atoms with Crippen LogP contribution in [0.1, 0.15) is 32.3 Å². The number of carbonyl (C=O) groups is 1. The van der Waals surface area contributed by atoms with Crippen LogP contribution < -0.4 is 5.43 Å². The maximum absolute atomic E-state index is 11.4. The summed E-state index contributed by atoms with van der Waals surface area (Å²) in [4.78, 5) is 11.4. The quantitative estimate of drug-likeness (QED) is 0.599. The van der Waals surface area contributed by atoms with E-state index < -0.39 is 0 Å². The van der Waals surface area contributed by atoms with Gasteiger partial charge in [-0.3, -0.25) is 4.79 Å². The average Bonchev–Trinajstić information content (AvgIpc) is 2.34. The minimum Gasteiger partial charge on any atom is -0.273 e. The Morgan fingerprint density at radius 3 is 2.62 bits per heavy atom. The van der Waals surface area contributed by atoms with Gasteiger partial charge in [0, 0.05) is 12.1 Å². The van der Waals surface area contributed by atoms with Crippen molar-refractivity contribution in [3.05, 3.63) is 35.9 Å². The van der Waals surface area contributed by atoms with E-state index in [2.05, 4.69) is 10.5 Å². The molecule has 1 aromatic rings. The third-order valence-electron chi connectivity index (χ3n) is 2.37. The van der Waals surface area contributed by atoms with Crippen molar-refractivity contribution in [3.63, 3.8) is 0 Å². The lowest BCUT2D eigenvalue weighted by Crippen LogP contribution is -2.19. The molecule has 0 aliphatic rings. The first-order valence-electron chi connectivity index (χ1n) is 5.58. The van der Waals surface area contributed by atoms with Crippen molar-refractivity contribution in [1.82, 2.24) is 5.43 Å². The minimum atomic E-state index is -0.0309. The van der Waals surface area contributed by atoms with Gasteiger partial charge in [0.05, 0.1) is 0 Å². The van der Waals surface area contributed by atoms with Crippen molar-refractivity contribution in [3.8, 4) is 0 Å². The van der Waals surface area contributed by atoms with Crippen molar-refractivity contribution < 1.29 is 4.79 Å². The third kappa shape index (κ3) is 4.73. The molecule has 1 N–H and O–H groups in total. The summed E-state index contributed by atoms with van der Waals surface area (Å²) in [7, 11) is 0. The zero-order valence-electron chi connectivity index (χ0n) is 9.86. The molecule has 86 valence electrons. The van der Waals surface area contributed by atoms with E-state index >= 15 is 0 Å². The van der Waals surface area contributed by atoms with Gasteiger partial charge < -0.3 is 0 Å². The van der Waals surface area contributed by atoms with Gasteiger partial charge in [-0.2, -0.15) is 5.10 Å². The fraction of sp³-hybridized carbons (Fsp3) is 0.385. The van der Waals surface area contributed by atoms with Gasteiger partial charge in [-0.15, -0.1) is 0 Å². The molecule has 0 saturated heterocycles. The number of hydrogen-bond donors (Lipinski definition) is 1. The Morgan fingerprint density at radius 1 is 1.31 bits per heavy atom. The standard InChI is InChI=1S/C13H18N2O/c1-3-11(2)14-15-13(16)10-9-12-7-5-4-6-8-12/h4-8H,3,9-10H2,1-2H3,(H,15,16). The van der Waals surface area contributed by atoms with Crippen LogP contribution >= 0.6 is 0 Å². The van der Waals surface area contributed by atoms with Crippen LogP contribution in [0, 0.1) is 0 Å². The van der Waals surface area contributed by atoms with Crippen molar-refractivity contribution in [2.45, 2.75) is 33.1 Å². The first kappa shape index (κ1) is 12.4. The SMILES string of the molecule is CCC(C)=NNC(=O)CCc1ccccc1. The van der Waals surface area contributed by atoms with Gasteiger partial charge in [0.2, 0.25) is 5.91 Å². The monoisotopic (exact) mass is 218 g/mol. The number of rotatable bonds is 5. The normalized spacial score (nSPS) is 11.2. The molecule has 3 heteroatoms. The van der Waals surface area contributed by atoms with E-state index in [0.717, 1.165) is 18.6 Å². The van der Waals surface area contributed by atoms with Crippen LogP contribution in [0.2, 0.25) is 0 Å². The maximum Gasteiger partial charge on any atom is 0.240 e. The summed E-state index contributed by atoms with van der Waals surface area (Å²) in [5.74, 6) is -0.0309. The summed E-state index contributed by atoms with van der Waals surface area (Å²) >= 11 is 0. The molecule has 3 nitrogen and oxygen atoms in total. The second kappa shape index (κ2) is 6.77. The highest BCUT2D eigenvalue weighted by Crippen LogP contribution is 2.01. The van der Waals surface area contributed by atoms with E-state index in [1.54, 1.807) is 0 Å². The Balaban J connectivity index is 2.31. The molecular formula is C13H18N2O. The molecule has 0 atom stereocenters. The van der Waals surface area contributed by atoms with E-state index in [1.165, 1.54) is 5.56 Å². The third-order valence-corrected chi connectivity index (χ3v) is 2.37. The number of carbonyl (C=O) groups excluding carboxylic acids is 1. The molecule has 0 aromatic heterocycles. The summed E-state index contributed by atoms with van der Waals surface area (Å²) in [5, 5.41) is 3.97. The zero-order valence-corrected chi connectivity index (χ0v) is 9.86. The number of benzene rings is 1. The topological polar surface area (TPSA) is 41.5 Å². The molecule has 1 aromatic carbocycles. The second-order valence-electron chi connectivity index (χ2n) is 3.72. The van der Waals surface area contributed by atoms with Crippen molar-refractivity contribution >= 4 is 11.6 Å². The number of amides is 1. The fourth-order valence-corrected chi connectivity index (χ4v) is 1.20. The fourth-order valence-electron chi connectivity index (χ4n) is 1.20. The van der Waals surface area contributed by atoms with E-state index in [0.29, 0.717) is 6.42 Å². The molecule has 0 aliphatic carbocycles. The first-order valence-corrected chi connectivity index (χ1v) is 5.58. The molecule has 1 rings (SSSR count). The number of aryl methyl sites for hydroxylation is 1. The highest BCUT2D eigenvalue weighted by atomic mass is 16.2. The Hall–Kier alpha value is -1.64. The molecule has 0 aliphatic heterocycles. The summed E-state index contributed by atoms with van der Waals surface area (Å²) < 4.78 is 0. The van der Waals surface area contributed by atoms with Gasteiger partial charge in [-0.05, 0) is 25.3 Å². The van der Waals surface area contributed by atoms with Gasteiger partial charge >= 0.3 is 0 Å². The molecule has 1 amide bonds. The minimum absolute atomic E-state index is 0.0309. The summed E-state index contributed by atoms with van der Waals surface area (Å²) in [5.41, 5.74) is 4.67. The van der Waals surface area contributed by atoms with Crippen LogP contribution in [0.15, 0.2) is 35.4 Å². The largest absolute Gasteiger partial charge is 0.273 e. The summed E-state index contributed by atoms with van der Waals surface area (Å²) in [6.45, 7) is 3.91. The smallest absolute Gasteiger partial charge is 0.240 e.